The van der Waals surface area contributed by atoms with Gasteiger partial charge in [0.1, 0.15) is 17.2 Å². The van der Waals surface area contributed by atoms with Crippen molar-refractivity contribution in [1.82, 2.24) is 10.2 Å². The van der Waals surface area contributed by atoms with Gasteiger partial charge in [0, 0.05) is 35.2 Å². The Hall–Kier alpha value is -3.68. The number of H-pyrrole nitrogens is 2. The van der Waals surface area contributed by atoms with Gasteiger partial charge in [0.25, 0.3) is 5.56 Å². The highest BCUT2D eigenvalue weighted by molar-refractivity contribution is 5.72. The summed E-state index contributed by atoms with van der Waals surface area (Å²) in [4.78, 5) is 25.1. The van der Waals surface area contributed by atoms with Crippen molar-refractivity contribution in [2.45, 2.75) is 18.8 Å². The third kappa shape index (κ3) is 4.91. The number of carbonyl (C=O) groups is 1. The number of aromatic nitrogens is 2. The molecule has 3 aromatic rings. The van der Waals surface area contributed by atoms with E-state index in [0.29, 0.717) is 34.7 Å². The van der Waals surface area contributed by atoms with Crippen LogP contribution in [0.3, 0.4) is 0 Å². The van der Waals surface area contributed by atoms with Crippen LogP contribution in [0.15, 0.2) is 47.3 Å². The largest absolute Gasteiger partial charge is 0.497 e. The molecule has 0 spiro atoms. The molecular formula is C23H26N2O6. The summed E-state index contributed by atoms with van der Waals surface area (Å²) < 4.78 is 20.9. The Balaban J connectivity index is 2.07. The first-order valence-electron chi connectivity index (χ1n) is 9.71. The first-order chi connectivity index (χ1) is 15.0. The summed E-state index contributed by atoms with van der Waals surface area (Å²) in [5.41, 5.74) is 2.52. The van der Waals surface area contributed by atoms with Crippen LogP contribution in [-0.4, -0.2) is 44.6 Å². The zero-order valence-corrected chi connectivity index (χ0v) is 18.0. The van der Waals surface area contributed by atoms with Crippen LogP contribution in [0.2, 0.25) is 0 Å². The first kappa shape index (κ1) is 22.0. The Morgan fingerprint density at radius 3 is 2.19 bits per heavy atom. The molecule has 1 atom stereocenters. The number of nitrogens with one attached hydrogen (secondary N) is 2. The quantitative estimate of drug-likeness (QED) is 0.510. The molecule has 0 saturated carbocycles. The fraction of sp³-hybridized carbons (Fsp3) is 0.304. The Morgan fingerprint density at radius 2 is 1.58 bits per heavy atom. The minimum atomic E-state index is -0.573. The monoisotopic (exact) mass is 426 g/mol. The fourth-order valence-corrected chi connectivity index (χ4v) is 3.58. The molecule has 0 fully saturated rings. The number of esters is 1. The summed E-state index contributed by atoms with van der Waals surface area (Å²) in [6, 6.07) is 12.9. The van der Waals surface area contributed by atoms with Gasteiger partial charge in [-0.1, -0.05) is 18.2 Å². The average Bonchev–Trinajstić information content (AvgIpc) is 3.16. The molecule has 0 saturated heterocycles. The van der Waals surface area contributed by atoms with Crippen molar-refractivity contribution in [3.8, 4) is 17.2 Å². The van der Waals surface area contributed by atoms with Gasteiger partial charge in [-0.3, -0.25) is 14.7 Å². The summed E-state index contributed by atoms with van der Waals surface area (Å²) >= 11 is 0. The summed E-state index contributed by atoms with van der Waals surface area (Å²) in [6.07, 6.45) is 0.448. The van der Waals surface area contributed by atoms with E-state index in [4.69, 9.17) is 18.9 Å². The Labute approximate surface area is 180 Å². The maximum absolute atomic E-state index is 12.8. The van der Waals surface area contributed by atoms with E-state index >= 15 is 0 Å². The Bertz CT molecular complexity index is 1080. The smallest absolute Gasteiger partial charge is 0.306 e. The van der Waals surface area contributed by atoms with E-state index in [1.807, 2.05) is 24.3 Å². The predicted octanol–water partition coefficient (Wildman–Crippen LogP) is 3.01. The molecule has 0 radical (unpaired) electrons. The standard InChI is InChI=1S/C23H26N2O6/c1-28-15-7-5-14(6-8-15)11-19-22(23(27)25-24-19)18(13-21(26)31-4)17-10-9-16(29-2)12-20(17)30-3/h5-10,12,18H,11,13H2,1-4H3,(H2,24,25,27)/t18-/m0/s1. The SMILES string of the molecule is COC(=O)C[C@@H](c1ccc(OC)cc1OC)c1c(Cc2ccc(OC)cc2)[nH][nH]c1=O. The molecule has 1 aromatic heterocycles. The van der Waals surface area contributed by atoms with Crippen LogP contribution in [0.5, 0.6) is 17.2 Å². The van der Waals surface area contributed by atoms with Crippen molar-refractivity contribution in [3.05, 3.63) is 75.2 Å². The maximum atomic E-state index is 12.8. The number of carbonyl (C=O) groups excluding carboxylic acids is 1. The predicted molar refractivity (Wildman–Crippen MR) is 115 cm³/mol. The summed E-state index contributed by atoms with van der Waals surface area (Å²) in [7, 11) is 6.03. The number of benzene rings is 2. The third-order valence-electron chi connectivity index (χ3n) is 5.20. The van der Waals surface area contributed by atoms with Crippen LogP contribution < -0.4 is 19.8 Å². The van der Waals surface area contributed by atoms with E-state index < -0.39 is 11.9 Å². The van der Waals surface area contributed by atoms with Gasteiger partial charge in [-0.2, -0.15) is 0 Å². The van der Waals surface area contributed by atoms with E-state index in [1.54, 1.807) is 32.4 Å². The average molecular weight is 426 g/mol. The first-order valence-corrected chi connectivity index (χ1v) is 9.71. The summed E-state index contributed by atoms with van der Waals surface area (Å²) in [5, 5.41) is 5.62. The minimum Gasteiger partial charge on any atom is -0.497 e. The molecule has 0 amide bonds. The number of hydrogen-bond acceptors (Lipinski definition) is 6. The fourth-order valence-electron chi connectivity index (χ4n) is 3.58. The second-order valence-electron chi connectivity index (χ2n) is 6.94. The van der Waals surface area contributed by atoms with Crippen LogP contribution in [-0.2, 0) is 16.0 Å². The van der Waals surface area contributed by atoms with Gasteiger partial charge in [0.15, 0.2) is 0 Å². The Morgan fingerprint density at radius 1 is 0.903 bits per heavy atom. The second kappa shape index (κ2) is 9.88. The molecule has 2 N–H and O–H groups in total. The van der Waals surface area contributed by atoms with Crippen LogP contribution in [0.25, 0.3) is 0 Å². The van der Waals surface area contributed by atoms with Crippen LogP contribution in [0.1, 0.15) is 34.7 Å². The number of rotatable bonds is 9. The van der Waals surface area contributed by atoms with Gasteiger partial charge in [-0.05, 0) is 23.8 Å². The lowest BCUT2D eigenvalue weighted by Crippen LogP contribution is -2.18. The molecule has 164 valence electrons. The molecule has 3 rings (SSSR count). The molecule has 0 aliphatic rings. The van der Waals surface area contributed by atoms with Crippen molar-refractivity contribution >= 4 is 5.97 Å². The number of methoxy groups -OCH3 is 4. The van der Waals surface area contributed by atoms with Crippen molar-refractivity contribution in [2.24, 2.45) is 0 Å². The van der Waals surface area contributed by atoms with Gasteiger partial charge in [-0.15, -0.1) is 0 Å². The van der Waals surface area contributed by atoms with Crippen molar-refractivity contribution < 1.29 is 23.7 Å². The summed E-state index contributed by atoms with van der Waals surface area (Å²) in [5.74, 6) is 0.872. The lowest BCUT2D eigenvalue weighted by molar-refractivity contribution is -0.140. The number of aromatic amines is 2. The van der Waals surface area contributed by atoms with E-state index in [0.717, 1.165) is 11.3 Å². The van der Waals surface area contributed by atoms with Gasteiger partial charge in [-0.25, -0.2) is 0 Å². The normalized spacial score (nSPS) is 11.6. The number of ether oxygens (including phenoxy) is 4. The van der Waals surface area contributed by atoms with Crippen LogP contribution in [0, 0.1) is 0 Å². The van der Waals surface area contributed by atoms with Crippen molar-refractivity contribution in [2.75, 3.05) is 28.4 Å². The molecule has 8 heteroatoms. The zero-order chi connectivity index (χ0) is 22.4. The van der Waals surface area contributed by atoms with Gasteiger partial charge >= 0.3 is 5.97 Å². The van der Waals surface area contributed by atoms with Crippen molar-refractivity contribution in [3.63, 3.8) is 0 Å². The molecular weight excluding hydrogens is 400 g/mol. The van der Waals surface area contributed by atoms with E-state index in [9.17, 15) is 9.59 Å². The second-order valence-corrected chi connectivity index (χ2v) is 6.94. The van der Waals surface area contributed by atoms with Gasteiger partial charge < -0.3 is 24.0 Å². The van der Waals surface area contributed by atoms with E-state index in [-0.39, 0.29) is 12.0 Å². The van der Waals surface area contributed by atoms with Crippen molar-refractivity contribution in [1.29, 1.82) is 0 Å². The van der Waals surface area contributed by atoms with Crippen LogP contribution in [0.4, 0.5) is 0 Å². The topological polar surface area (TPSA) is 103 Å². The summed E-state index contributed by atoms with van der Waals surface area (Å²) in [6.45, 7) is 0. The third-order valence-corrected chi connectivity index (χ3v) is 5.20. The van der Waals surface area contributed by atoms with Gasteiger partial charge in [0.05, 0.1) is 34.9 Å². The van der Waals surface area contributed by atoms with E-state index in [2.05, 4.69) is 10.2 Å². The molecule has 2 aromatic carbocycles. The lowest BCUT2D eigenvalue weighted by atomic mass is 9.86. The minimum absolute atomic E-state index is 0.0181. The highest BCUT2D eigenvalue weighted by Gasteiger charge is 2.28. The highest BCUT2D eigenvalue weighted by atomic mass is 16.5. The highest BCUT2D eigenvalue weighted by Crippen LogP contribution is 2.37. The number of hydrogen-bond donors (Lipinski definition) is 2. The Kier molecular flexibility index (Phi) is 7.02. The van der Waals surface area contributed by atoms with Crippen LogP contribution >= 0.6 is 0 Å². The van der Waals surface area contributed by atoms with Gasteiger partial charge in [0.2, 0.25) is 0 Å². The molecule has 0 aliphatic heterocycles. The maximum Gasteiger partial charge on any atom is 0.306 e. The molecule has 1 heterocycles. The zero-order valence-electron chi connectivity index (χ0n) is 18.0. The lowest BCUT2D eigenvalue weighted by Gasteiger charge is -2.19. The molecule has 0 aliphatic carbocycles. The molecule has 8 nitrogen and oxygen atoms in total. The molecule has 31 heavy (non-hydrogen) atoms. The van der Waals surface area contributed by atoms with E-state index in [1.165, 1.54) is 14.2 Å². The molecule has 0 bridgehead atoms. The molecule has 0 unspecified atom stereocenters.